The Bertz CT molecular complexity index is 801. The molecule has 116 valence electrons. The molecule has 0 bridgehead atoms. The number of hydrogen-bond acceptors (Lipinski definition) is 6. The Morgan fingerprint density at radius 2 is 2.09 bits per heavy atom. The van der Waals surface area contributed by atoms with Crippen LogP contribution < -0.4 is 4.90 Å². The first-order valence-corrected chi connectivity index (χ1v) is 7.10. The lowest BCUT2D eigenvalue weighted by Gasteiger charge is -2.22. The molecule has 0 saturated carbocycles. The largest absolute Gasteiger partial charge is 0.389 e. The SMILES string of the molecule is COCC(O)CN(C)c1nc2ccccc2c2nc(C)nn12. The zero-order chi connectivity index (χ0) is 15.7. The Labute approximate surface area is 128 Å². The van der Waals surface area contributed by atoms with Gasteiger partial charge in [0.15, 0.2) is 5.65 Å². The van der Waals surface area contributed by atoms with E-state index in [9.17, 15) is 5.11 Å². The standard InChI is InChI=1S/C15H19N5O2/c1-10-16-14-12-6-4-5-7-13(12)17-15(20(14)18-10)19(2)8-11(21)9-22-3/h4-7,11,21H,8-9H2,1-3H3. The molecule has 0 spiro atoms. The molecule has 2 heterocycles. The van der Waals surface area contributed by atoms with E-state index in [2.05, 4.69) is 15.1 Å². The molecule has 3 aromatic rings. The molecule has 0 saturated heterocycles. The van der Waals surface area contributed by atoms with Gasteiger partial charge in [0, 0.05) is 26.1 Å². The second-order valence-corrected chi connectivity index (χ2v) is 5.31. The predicted octanol–water partition coefficient (Wildman–Crippen LogP) is 1.03. The van der Waals surface area contributed by atoms with Crippen molar-refractivity contribution in [2.45, 2.75) is 13.0 Å². The number of aromatic nitrogens is 4. The fourth-order valence-corrected chi connectivity index (χ4v) is 2.53. The second-order valence-electron chi connectivity index (χ2n) is 5.31. The van der Waals surface area contributed by atoms with Crippen molar-refractivity contribution in [3.8, 4) is 0 Å². The molecule has 22 heavy (non-hydrogen) atoms. The van der Waals surface area contributed by atoms with E-state index in [1.807, 2.05) is 43.1 Å². The molecule has 1 unspecified atom stereocenters. The molecule has 1 N–H and O–H groups in total. The summed E-state index contributed by atoms with van der Waals surface area (Å²) < 4.78 is 6.69. The van der Waals surface area contributed by atoms with Gasteiger partial charge in [-0.15, -0.1) is 5.10 Å². The van der Waals surface area contributed by atoms with E-state index < -0.39 is 6.10 Å². The Morgan fingerprint density at radius 3 is 2.86 bits per heavy atom. The Kier molecular flexibility index (Phi) is 3.91. The lowest BCUT2D eigenvalue weighted by Crippen LogP contribution is -2.33. The fourth-order valence-electron chi connectivity index (χ4n) is 2.53. The first kappa shape index (κ1) is 14.7. The summed E-state index contributed by atoms with van der Waals surface area (Å²) in [6, 6.07) is 7.83. The Morgan fingerprint density at radius 1 is 1.32 bits per heavy atom. The van der Waals surface area contributed by atoms with Crippen molar-refractivity contribution in [2.24, 2.45) is 0 Å². The number of fused-ring (bicyclic) bond motifs is 3. The van der Waals surface area contributed by atoms with Gasteiger partial charge in [-0.2, -0.15) is 4.52 Å². The van der Waals surface area contributed by atoms with Crippen molar-refractivity contribution >= 4 is 22.5 Å². The summed E-state index contributed by atoms with van der Waals surface area (Å²) >= 11 is 0. The van der Waals surface area contributed by atoms with E-state index in [0.29, 0.717) is 18.3 Å². The van der Waals surface area contributed by atoms with Gasteiger partial charge in [-0.25, -0.2) is 9.97 Å². The van der Waals surface area contributed by atoms with Crippen LogP contribution in [0.5, 0.6) is 0 Å². The van der Waals surface area contributed by atoms with Crippen LogP contribution in [0.2, 0.25) is 0 Å². The summed E-state index contributed by atoms with van der Waals surface area (Å²) in [7, 11) is 3.43. The van der Waals surface area contributed by atoms with E-state index in [-0.39, 0.29) is 6.61 Å². The van der Waals surface area contributed by atoms with Gasteiger partial charge in [-0.05, 0) is 19.1 Å². The van der Waals surface area contributed by atoms with E-state index in [1.54, 1.807) is 11.6 Å². The molecular formula is C15H19N5O2. The van der Waals surface area contributed by atoms with Crippen LogP contribution in [0.1, 0.15) is 5.82 Å². The van der Waals surface area contributed by atoms with Crippen LogP contribution >= 0.6 is 0 Å². The number of para-hydroxylation sites is 1. The third-order valence-corrected chi connectivity index (χ3v) is 3.45. The van der Waals surface area contributed by atoms with Gasteiger partial charge >= 0.3 is 0 Å². The number of aryl methyl sites for hydroxylation is 1. The number of aliphatic hydroxyl groups excluding tert-OH is 1. The van der Waals surface area contributed by atoms with Gasteiger partial charge in [0.25, 0.3) is 0 Å². The number of nitrogens with zero attached hydrogens (tertiary/aromatic N) is 5. The number of ether oxygens (including phenoxy) is 1. The average molecular weight is 301 g/mol. The summed E-state index contributed by atoms with van der Waals surface area (Å²) in [5.41, 5.74) is 1.62. The maximum absolute atomic E-state index is 9.93. The smallest absolute Gasteiger partial charge is 0.229 e. The lowest BCUT2D eigenvalue weighted by atomic mass is 10.2. The van der Waals surface area contributed by atoms with Gasteiger partial charge < -0.3 is 14.7 Å². The first-order valence-electron chi connectivity index (χ1n) is 7.10. The fraction of sp³-hybridized carbons (Fsp3) is 0.400. The third-order valence-electron chi connectivity index (χ3n) is 3.45. The number of aliphatic hydroxyl groups is 1. The van der Waals surface area contributed by atoms with Gasteiger partial charge in [-0.1, -0.05) is 12.1 Å². The van der Waals surface area contributed by atoms with Gasteiger partial charge in [0.1, 0.15) is 5.82 Å². The molecule has 1 aromatic carbocycles. The Balaban J connectivity index is 2.10. The van der Waals surface area contributed by atoms with Crippen LogP contribution in [-0.2, 0) is 4.74 Å². The number of anilines is 1. The van der Waals surface area contributed by atoms with E-state index in [0.717, 1.165) is 16.6 Å². The third kappa shape index (κ3) is 2.60. The van der Waals surface area contributed by atoms with Crippen molar-refractivity contribution in [3.05, 3.63) is 30.1 Å². The highest BCUT2D eigenvalue weighted by Crippen LogP contribution is 2.22. The number of benzene rings is 1. The van der Waals surface area contributed by atoms with Gasteiger partial charge in [0.2, 0.25) is 5.95 Å². The van der Waals surface area contributed by atoms with Crippen LogP contribution in [0.3, 0.4) is 0 Å². The molecule has 0 radical (unpaired) electrons. The van der Waals surface area contributed by atoms with Crippen molar-refractivity contribution in [3.63, 3.8) is 0 Å². The highest BCUT2D eigenvalue weighted by molar-refractivity contribution is 5.92. The van der Waals surface area contributed by atoms with E-state index >= 15 is 0 Å². The quantitative estimate of drug-likeness (QED) is 0.758. The molecule has 1 atom stereocenters. The summed E-state index contributed by atoms with van der Waals surface area (Å²) in [6.07, 6.45) is -0.595. The molecule has 0 aliphatic rings. The highest BCUT2D eigenvalue weighted by atomic mass is 16.5. The number of methoxy groups -OCH3 is 1. The molecule has 7 nitrogen and oxygen atoms in total. The van der Waals surface area contributed by atoms with Crippen LogP contribution in [0.4, 0.5) is 5.95 Å². The zero-order valence-electron chi connectivity index (χ0n) is 12.9. The minimum absolute atomic E-state index is 0.275. The summed E-state index contributed by atoms with van der Waals surface area (Å²) in [4.78, 5) is 11.0. The molecule has 0 aliphatic carbocycles. The summed E-state index contributed by atoms with van der Waals surface area (Å²) in [5, 5.41) is 15.3. The Hall–Kier alpha value is -2.25. The molecule has 0 amide bonds. The van der Waals surface area contributed by atoms with Crippen LogP contribution in [0.25, 0.3) is 16.6 Å². The molecule has 7 heteroatoms. The normalized spacial score (nSPS) is 12.9. The number of hydrogen-bond donors (Lipinski definition) is 1. The molecular weight excluding hydrogens is 282 g/mol. The van der Waals surface area contributed by atoms with Crippen molar-refractivity contribution < 1.29 is 9.84 Å². The van der Waals surface area contributed by atoms with E-state index in [1.165, 1.54) is 0 Å². The molecule has 0 fully saturated rings. The topological polar surface area (TPSA) is 75.8 Å². The number of likely N-dealkylation sites (N-methyl/N-ethyl adjacent to an activating group) is 1. The van der Waals surface area contributed by atoms with Crippen LogP contribution in [0.15, 0.2) is 24.3 Å². The van der Waals surface area contributed by atoms with Gasteiger partial charge in [-0.3, -0.25) is 0 Å². The van der Waals surface area contributed by atoms with Crippen molar-refractivity contribution in [1.82, 2.24) is 19.6 Å². The monoisotopic (exact) mass is 301 g/mol. The number of rotatable bonds is 5. The van der Waals surface area contributed by atoms with Crippen LogP contribution in [0, 0.1) is 6.92 Å². The van der Waals surface area contributed by atoms with Crippen molar-refractivity contribution in [2.75, 3.05) is 32.2 Å². The van der Waals surface area contributed by atoms with Crippen LogP contribution in [-0.4, -0.2) is 58.1 Å². The summed E-state index contributed by atoms with van der Waals surface area (Å²) in [6.45, 7) is 2.52. The summed E-state index contributed by atoms with van der Waals surface area (Å²) in [5.74, 6) is 1.33. The van der Waals surface area contributed by atoms with Gasteiger partial charge in [0.05, 0.1) is 18.2 Å². The molecule has 0 aliphatic heterocycles. The predicted molar refractivity (Wildman–Crippen MR) is 84.2 cm³/mol. The molecule has 3 rings (SSSR count). The zero-order valence-corrected chi connectivity index (χ0v) is 12.9. The molecule has 2 aromatic heterocycles. The van der Waals surface area contributed by atoms with E-state index in [4.69, 9.17) is 4.74 Å². The first-order chi connectivity index (χ1) is 10.6. The minimum Gasteiger partial charge on any atom is -0.389 e. The highest BCUT2D eigenvalue weighted by Gasteiger charge is 2.17. The maximum Gasteiger partial charge on any atom is 0.229 e. The lowest BCUT2D eigenvalue weighted by molar-refractivity contribution is 0.0693. The maximum atomic E-state index is 9.93. The second kappa shape index (κ2) is 5.86. The average Bonchev–Trinajstić information content (AvgIpc) is 2.88. The minimum atomic E-state index is -0.595. The van der Waals surface area contributed by atoms with Crippen molar-refractivity contribution in [1.29, 1.82) is 0 Å².